The van der Waals surface area contributed by atoms with E-state index in [9.17, 15) is 0 Å². The van der Waals surface area contributed by atoms with Gasteiger partial charge < -0.3 is 0 Å². The molecule has 27 heavy (non-hydrogen) atoms. The van der Waals surface area contributed by atoms with E-state index in [4.69, 9.17) is 0 Å². The van der Waals surface area contributed by atoms with Crippen LogP contribution >= 0.6 is 0 Å². The molecule has 0 bridgehead atoms. The van der Waals surface area contributed by atoms with Crippen molar-refractivity contribution in [2.75, 3.05) is 0 Å². The number of nitrogens with zero attached hydrogens (tertiary/aromatic N) is 2. The van der Waals surface area contributed by atoms with E-state index >= 15 is 0 Å². The van der Waals surface area contributed by atoms with Crippen LogP contribution in [0.5, 0.6) is 0 Å². The lowest BCUT2D eigenvalue weighted by Crippen LogP contribution is -2.37. The quantitative estimate of drug-likeness (QED) is 0.173. The molecule has 0 spiro atoms. The minimum Gasteiger partial charge on any atom is -0.234 e. The first-order chi connectivity index (χ1) is 13.3. The van der Waals surface area contributed by atoms with Gasteiger partial charge in [-0.1, -0.05) is 91.4 Å². The van der Waals surface area contributed by atoms with Gasteiger partial charge in [-0.3, -0.25) is 0 Å². The zero-order valence-corrected chi connectivity index (χ0v) is 19.0. The summed E-state index contributed by atoms with van der Waals surface area (Å²) in [5.41, 5.74) is 0. The van der Waals surface area contributed by atoms with Crippen LogP contribution in [-0.2, 0) is 19.5 Å². The van der Waals surface area contributed by atoms with Gasteiger partial charge in [-0.2, -0.15) is 0 Å². The maximum absolute atomic E-state index is 2.57. The van der Waals surface area contributed by atoms with Crippen molar-refractivity contribution in [2.45, 2.75) is 143 Å². The lowest BCUT2D eigenvalue weighted by molar-refractivity contribution is -0.704. The smallest absolute Gasteiger partial charge is 0.234 e. The Morgan fingerprint density at radius 2 is 1.15 bits per heavy atom. The zero-order chi connectivity index (χ0) is 19.6. The first-order valence-corrected chi connectivity index (χ1v) is 12.4. The van der Waals surface area contributed by atoms with Crippen LogP contribution in [0.15, 0.2) is 12.4 Å². The normalized spacial score (nSPS) is 11.4. The summed E-state index contributed by atoms with van der Waals surface area (Å²) in [6.45, 7) is 9.34. The summed E-state index contributed by atoms with van der Waals surface area (Å²) in [6.07, 6.45) is 28.1. The van der Waals surface area contributed by atoms with Crippen LogP contribution in [0.25, 0.3) is 0 Å². The summed E-state index contributed by atoms with van der Waals surface area (Å²) in [6, 6.07) is 0. The largest absolute Gasteiger partial charge is 0.256 e. The molecule has 0 aliphatic rings. The van der Waals surface area contributed by atoms with Gasteiger partial charge in [0.15, 0.2) is 0 Å². The van der Waals surface area contributed by atoms with Crippen LogP contribution in [0, 0.1) is 0 Å². The minimum absolute atomic E-state index is 1.22. The van der Waals surface area contributed by atoms with E-state index in [1.54, 1.807) is 5.82 Å². The van der Waals surface area contributed by atoms with Gasteiger partial charge >= 0.3 is 0 Å². The average Bonchev–Trinajstić information content (AvgIpc) is 3.06. The van der Waals surface area contributed by atoms with Crippen LogP contribution in [0.4, 0.5) is 0 Å². The number of aromatic nitrogens is 2. The fourth-order valence-corrected chi connectivity index (χ4v) is 4.03. The molecule has 0 saturated heterocycles. The van der Waals surface area contributed by atoms with Gasteiger partial charge in [0.2, 0.25) is 0 Å². The molecule has 0 aliphatic carbocycles. The molecule has 0 radical (unpaired) electrons. The number of imidazole rings is 1. The van der Waals surface area contributed by atoms with E-state index in [2.05, 4.69) is 42.3 Å². The Morgan fingerprint density at radius 3 is 1.78 bits per heavy atom. The van der Waals surface area contributed by atoms with Crippen molar-refractivity contribution in [3.63, 3.8) is 0 Å². The van der Waals surface area contributed by atoms with E-state index in [1.165, 1.54) is 122 Å². The van der Waals surface area contributed by atoms with Crippen LogP contribution < -0.4 is 4.57 Å². The highest BCUT2D eigenvalue weighted by atomic mass is 15.1. The molecule has 0 atom stereocenters. The third-order valence-corrected chi connectivity index (χ3v) is 5.85. The third-order valence-electron chi connectivity index (χ3n) is 5.85. The Balaban J connectivity index is 2.39. The predicted octanol–water partition coefficient (Wildman–Crippen LogP) is 7.62. The summed E-state index contributed by atoms with van der Waals surface area (Å²) in [4.78, 5) is 0. The standard InChI is InChI=1S/C25H49N2/c1-4-7-10-13-14-15-16-19-22-27-24-23-26(21-18-12-9-6-3)25(27)20-17-11-8-5-2/h23-24H,4-22H2,1-3H3/q+1. The molecule has 0 aromatic carbocycles. The van der Waals surface area contributed by atoms with Crippen molar-refractivity contribution in [1.82, 2.24) is 4.57 Å². The van der Waals surface area contributed by atoms with Crippen molar-refractivity contribution in [3.05, 3.63) is 18.2 Å². The van der Waals surface area contributed by atoms with Gasteiger partial charge in [0.1, 0.15) is 12.4 Å². The number of rotatable bonds is 19. The highest BCUT2D eigenvalue weighted by molar-refractivity contribution is 4.84. The molecule has 0 N–H and O–H groups in total. The molecule has 0 unspecified atom stereocenters. The second-order valence-electron chi connectivity index (χ2n) is 8.45. The topological polar surface area (TPSA) is 8.81 Å². The van der Waals surface area contributed by atoms with Gasteiger partial charge in [-0.15, -0.1) is 0 Å². The van der Waals surface area contributed by atoms with E-state index in [0.29, 0.717) is 0 Å². The zero-order valence-electron chi connectivity index (χ0n) is 19.0. The van der Waals surface area contributed by atoms with Crippen LogP contribution in [0.3, 0.4) is 0 Å². The van der Waals surface area contributed by atoms with Crippen molar-refractivity contribution in [2.24, 2.45) is 0 Å². The minimum atomic E-state index is 1.22. The summed E-state index contributed by atoms with van der Waals surface area (Å²) in [5, 5.41) is 0. The number of aryl methyl sites for hydroxylation is 2. The highest BCUT2D eigenvalue weighted by Gasteiger charge is 2.16. The summed E-state index contributed by atoms with van der Waals surface area (Å²) in [5.74, 6) is 1.59. The average molecular weight is 378 g/mol. The molecule has 2 heteroatoms. The molecular weight excluding hydrogens is 328 g/mol. The Kier molecular flexibility index (Phi) is 15.6. The second kappa shape index (κ2) is 17.3. The van der Waals surface area contributed by atoms with E-state index in [-0.39, 0.29) is 0 Å². The molecule has 1 aromatic heterocycles. The fourth-order valence-electron chi connectivity index (χ4n) is 4.03. The molecule has 0 aliphatic heterocycles. The van der Waals surface area contributed by atoms with Gasteiger partial charge in [0.05, 0.1) is 13.1 Å². The fraction of sp³-hybridized carbons (Fsp3) is 0.880. The number of hydrogen-bond acceptors (Lipinski definition) is 0. The van der Waals surface area contributed by atoms with Crippen molar-refractivity contribution in [1.29, 1.82) is 0 Å². The van der Waals surface area contributed by atoms with Gasteiger partial charge in [0.25, 0.3) is 5.82 Å². The first-order valence-electron chi connectivity index (χ1n) is 12.4. The van der Waals surface area contributed by atoms with Crippen molar-refractivity contribution >= 4 is 0 Å². The summed E-state index contributed by atoms with van der Waals surface area (Å²) >= 11 is 0. The Hall–Kier alpha value is -0.790. The van der Waals surface area contributed by atoms with Gasteiger partial charge in [-0.25, -0.2) is 9.13 Å². The van der Waals surface area contributed by atoms with Crippen LogP contribution in [0.2, 0.25) is 0 Å². The molecule has 1 aromatic rings. The Morgan fingerprint density at radius 1 is 0.630 bits per heavy atom. The molecule has 1 heterocycles. The molecule has 158 valence electrons. The summed E-state index contributed by atoms with van der Waals surface area (Å²) in [7, 11) is 0. The third kappa shape index (κ3) is 11.6. The molecule has 0 fully saturated rings. The predicted molar refractivity (Wildman–Crippen MR) is 119 cm³/mol. The molecular formula is C25H49N2+. The molecule has 0 saturated carbocycles. The lowest BCUT2D eigenvalue weighted by atomic mass is 10.1. The second-order valence-corrected chi connectivity index (χ2v) is 8.45. The SMILES string of the molecule is CCCCCCCCCCn1cc[n+](CCCCCC)c1CCCCCC. The monoisotopic (exact) mass is 377 g/mol. The van der Waals surface area contributed by atoms with Crippen molar-refractivity contribution < 1.29 is 4.57 Å². The van der Waals surface area contributed by atoms with Gasteiger partial charge in [-0.05, 0) is 32.1 Å². The Bertz CT molecular complexity index is 436. The van der Waals surface area contributed by atoms with Crippen LogP contribution in [-0.4, -0.2) is 4.57 Å². The molecule has 2 nitrogen and oxygen atoms in total. The van der Waals surface area contributed by atoms with E-state index in [0.717, 1.165) is 0 Å². The first kappa shape index (κ1) is 24.2. The number of unbranched alkanes of at least 4 members (excludes halogenated alkanes) is 13. The maximum atomic E-state index is 2.57. The van der Waals surface area contributed by atoms with E-state index in [1.807, 2.05) is 0 Å². The molecule has 1 rings (SSSR count). The highest BCUT2D eigenvalue weighted by Crippen LogP contribution is 2.11. The van der Waals surface area contributed by atoms with E-state index < -0.39 is 0 Å². The molecule has 0 amide bonds. The maximum Gasteiger partial charge on any atom is 0.256 e. The van der Waals surface area contributed by atoms with Crippen LogP contribution in [0.1, 0.15) is 129 Å². The summed E-state index contributed by atoms with van der Waals surface area (Å²) < 4.78 is 5.13. The Labute approximate surface area is 170 Å². The van der Waals surface area contributed by atoms with Gasteiger partial charge in [0, 0.05) is 6.42 Å². The van der Waals surface area contributed by atoms with Crippen molar-refractivity contribution in [3.8, 4) is 0 Å². The lowest BCUT2D eigenvalue weighted by Gasteiger charge is -2.06. The number of hydrogen-bond donors (Lipinski definition) is 0.